The van der Waals surface area contributed by atoms with Crippen LogP contribution in [-0.2, 0) is 4.74 Å². The maximum absolute atomic E-state index is 17.5. The SMILES string of the molecule is CSc1nc(N2CCN(C(=O)OC(C)(C)C)C(CF)C2)c2c(OC(C)C)nc(-c3cc(C)cc4ccc(F)c(C#C[Si](C(C)C)(C(C)C)C(C)C)c34)c(F)c2n1. The van der Waals surface area contributed by atoms with Crippen LogP contribution in [0.3, 0.4) is 0 Å². The molecule has 0 aliphatic carbocycles. The van der Waals surface area contributed by atoms with Crippen molar-refractivity contribution in [2.75, 3.05) is 37.5 Å². The van der Waals surface area contributed by atoms with Gasteiger partial charge in [-0.1, -0.05) is 71.4 Å². The normalized spacial score (nSPS) is 15.4. The molecule has 0 saturated carbocycles. The van der Waals surface area contributed by atoms with Crippen LogP contribution in [0.4, 0.5) is 23.8 Å². The van der Waals surface area contributed by atoms with E-state index in [1.165, 1.54) is 22.7 Å². The van der Waals surface area contributed by atoms with Gasteiger partial charge >= 0.3 is 6.09 Å². The molecule has 1 unspecified atom stereocenters. The van der Waals surface area contributed by atoms with Crippen LogP contribution in [0.25, 0.3) is 32.9 Å². The minimum atomic E-state index is -2.28. The monoisotopic (exact) mass is 807 g/mol. The highest BCUT2D eigenvalue weighted by atomic mass is 32.2. The number of benzene rings is 2. The quantitative estimate of drug-likeness (QED) is 0.0716. The van der Waals surface area contributed by atoms with Crippen LogP contribution in [0.15, 0.2) is 29.4 Å². The Kier molecular flexibility index (Phi) is 13.0. The number of carbonyl (C=O) groups excluding carboxylic acids is 1. The second-order valence-electron chi connectivity index (χ2n) is 16.9. The van der Waals surface area contributed by atoms with Gasteiger partial charge in [0.1, 0.15) is 48.6 Å². The van der Waals surface area contributed by atoms with Gasteiger partial charge in [-0.3, -0.25) is 4.90 Å². The Bertz CT molecular complexity index is 2160. The number of piperazine rings is 1. The van der Waals surface area contributed by atoms with Crippen molar-refractivity contribution in [3.05, 3.63) is 47.0 Å². The lowest BCUT2D eigenvalue weighted by Gasteiger charge is -2.41. The van der Waals surface area contributed by atoms with E-state index in [2.05, 4.69) is 58.0 Å². The second kappa shape index (κ2) is 16.8. The number of hydrogen-bond donors (Lipinski definition) is 0. The van der Waals surface area contributed by atoms with Crippen LogP contribution in [0.1, 0.15) is 87.3 Å². The third kappa shape index (κ3) is 8.47. The molecule has 0 spiro atoms. The van der Waals surface area contributed by atoms with Gasteiger partial charge in [0, 0.05) is 30.6 Å². The van der Waals surface area contributed by atoms with Crippen LogP contribution in [0.2, 0.25) is 16.6 Å². The molecule has 0 N–H and O–H groups in total. The topological polar surface area (TPSA) is 80.7 Å². The molecule has 0 radical (unpaired) electrons. The van der Waals surface area contributed by atoms with Crippen molar-refractivity contribution in [3.8, 4) is 28.6 Å². The Morgan fingerprint density at radius 1 is 0.982 bits per heavy atom. The molecule has 1 aliphatic heterocycles. The number of pyridine rings is 1. The molecule has 1 atom stereocenters. The minimum absolute atomic E-state index is 0.0316. The van der Waals surface area contributed by atoms with Crippen LogP contribution >= 0.6 is 11.8 Å². The number of amides is 1. The van der Waals surface area contributed by atoms with E-state index in [9.17, 15) is 9.18 Å². The number of alkyl halides is 1. The molecule has 1 saturated heterocycles. The van der Waals surface area contributed by atoms with Crippen molar-refractivity contribution in [3.63, 3.8) is 0 Å². The molecule has 1 amide bonds. The minimum Gasteiger partial charge on any atom is -0.474 e. The highest BCUT2D eigenvalue weighted by Gasteiger charge is 2.42. The number of aromatic nitrogens is 3. The summed E-state index contributed by atoms with van der Waals surface area (Å²) in [5.41, 5.74) is 5.21. The largest absolute Gasteiger partial charge is 0.474 e. The molecular weight excluding hydrogens is 752 g/mol. The number of fused-ring (bicyclic) bond motifs is 2. The van der Waals surface area contributed by atoms with E-state index in [0.29, 0.717) is 38.8 Å². The van der Waals surface area contributed by atoms with E-state index >= 15 is 8.78 Å². The number of nitrogens with zero attached hydrogens (tertiary/aromatic N) is 5. The summed E-state index contributed by atoms with van der Waals surface area (Å²) in [5.74, 6) is 2.52. The molecule has 3 heterocycles. The van der Waals surface area contributed by atoms with Gasteiger partial charge in [-0.25, -0.2) is 32.9 Å². The third-order valence-corrected chi connectivity index (χ3v) is 17.4. The summed E-state index contributed by atoms with van der Waals surface area (Å²) in [6, 6.07) is 6.02. The fourth-order valence-electron chi connectivity index (χ4n) is 8.15. The lowest BCUT2D eigenvalue weighted by Crippen LogP contribution is -2.57. The van der Waals surface area contributed by atoms with Gasteiger partial charge in [-0.05, 0) is 87.5 Å². The van der Waals surface area contributed by atoms with Crippen molar-refractivity contribution in [2.45, 2.75) is 123 Å². The molecule has 1 aliphatic rings. The maximum Gasteiger partial charge on any atom is 0.410 e. The number of thioether (sulfide) groups is 1. The van der Waals surface area contributed by atoms with E-state index in [1.807, 2.05) is 31.7 Å². The predicted molar refractivity (Wildman–Crippen MR) is 225 cm³/mol. The first-order valence-electron chi connectivity index (χ1n) is 19.4. The lowest BCUT2D eigenvalue weighted by atomic mass is 9.94. The van der Waals surface area contributed by atoms with E-state index < -0.39 is 44.1 Å². The van der Waals surface area contributed by atoms with Gasteiger partial charge in [0.15, 0.2) is 11.0 Å². The van der Waals surface area contributed by atoms with Gasteiger partial charge in [0.25, 0.3) is 0 Å². The Morgan fingerprint density at radius 3 is 2.21 bits per heavy atom. The Balaban J connectivity index is 1.78. The van der Waals surface area contributed by atoms with Crippen molar-refractivity contribution in [2.24, 2.45) is 0 Å². The second-order valence-corrected chi connectivity index (χ2v) is 23.3. The maximum atomic E-state index is 17.5. The van der Waals surface area contributed by atoms with Gasteiger partial charge in [0.05, 0.1) is 17.7 Å². The van der Waals surface area contributed by atoms with Gasteiger partial charge in [-0.15, -0.1) is 5.54 Å². The molecule has 13 heteroatoms. The number of carbonyl (C=O) groups is 1. The van der Waals surface area contributed by atoms with Crippen LogP contribution in [0, 0.1) is 30.0 Å². The fraction of sp³-hybridized carbons (Fsp3) is 0.535. The van der Waals surface area contributed by atoms with Crippen LogP contribution in [-0.4, -0.2) is 84.3 Å². The lowest BCUT2D eigenvalue weighted by molar-refractivity contribution is 0.0113. The average Bonchev–Trinajstić information content (AvgIpc) is 3.11. The third-order valence-electron chi connectivity index (χ3n) is 10.6. The summed E-state index contributed by atoms with van der Waals surface area (Å²) in [6.45, 7) is 23.8. The van der Waals surface area contributed by atoms with E-state index in [4.69, 9.17) is 19.4 Å². The first-order chi connectivity index (χ1) is 26.2. The number of halogens is 3. The summed E-state index contributed by atoms with van der Waals surface area (Å²) >= 11 is 1.24. The summed E-state index contributed by atoms with van der Waals surface area (Å²) < 4.78 is 60.2. The molecule has 0 bridgehead atoms. The van der Waals surface area contributed by atoms with E-state index in [-0.39, 0.29) is 58.9 Å². The summed E-state index contributed by atoms with van der Waals surface area (Å²) in [7, 11) is -2.28. The number of ether oxygens (including phenoxy) is 2. The Labute approximate surface area is 335 Å². The molecular formula is C43H56F3N5O3SSi. The van der Waals surface area contributed by atoms with Gasteiger partial charge in [0.2, 0.25) is 5.88 Å². The molecule has 4 aromatic rings. The van der Waals surface area contributed by atoms with Crippen LogP contribution < -0.4 is 9.64 Å². The molecule has 1 fully saturated rings. The van der Waals surface area contributed by atoms with Crippen molar-refractivity contribution >= 4 is 53.4 Å². The molecule has 2 aromatic carbocycles. The molecule has 8 nitrogen and oxygen atoms in total. The standard InChI is InChI=1S/C43H56F3N5O3SSi/c1-24(2)53-40-35-38(48-41(55-13)49-39(35)50-17-18-51(30(22-44)23-50)42(52)54-43(10,11)12)36(46)37(47-40)32-21-28(9)20-29-14-15-33(45)31(34(29)32)16-19-56(25(3)4,26(5)6)27(7)8/h14-15,20-21,24-27,30H,17-18,22-23H2,1-13H3. The summed E-state index contributed by atoms with van der Waals surface area (Å²) in [4.78, 5) is 30.6. The fourth-order valence-corrected chi connectivity index (χ4v) is 13.7. The van der Waals surface area contributed by atoms with Gasteiger partial charge in [-0.2, -0.15) is 0 Å². The smallest absolute Gasteiger partial charge is 0.410 e. The molecule has 2 aromatic heterocycles. The number of rotatable bonds is 9. The first-order valence-corrected chi connectivity index (χ1v) is 22.9. The highest BCUT2D eigenvalue weighted by Crippen LogP contribution is 2.43. The van der Waals surface area contributed by atoms with Crippen LogP contribution in [0.5, 0.6) is 5.88 Å². The molecule has 5 rings (SSSR count). The summed E-state index contributed by atoms with van der Waals surface area (Å²) in [6.07, 6.45) is 0.807. The average molecular weight is 808 g/mol. The van der Waals surface area contributed by atoms with E-state index in [0.717, 1.165) is 5.56 Å². The highest BCUT2D eigenvalue weighted by molar-refractivity contribution is 7.98. The van der Waals surface area contributed by atoms with Gasteiger partial charge < -0.3 is 14.4 Å². The first kappa shape index (κ1) is 43.1. The molecule has 56 heavy (non-hydrogen) atoms. The van der Waals surface area contributed by atoms with Crippen molar-refractivity contribution < 1.29 is 27.4 Å². The zero-order chi connectivity index (χ0) is 41.4. The van der Waals surface area contributed by atoms with E-state index in [1.54, 1.807) is 39.2 Å². The van der Waals surface area contributed by atoms with Crippen molar-refractivity contribution in [1.82, 2.24) is 19.9 Å². The zero-order valence-corrected chi connectivity index (χ0v) is 36.8. The number of hydrogen-bond acceptors (Lipinski definition) is 8. The number of aryl methyl sites for hydroxylation is 1. The Morgan fingerprint density at radius 2 is 1.64 bits per heavy atom. The molecule has 302 valence electrons. The van der Waals surface area contributed by atoms with Crippen molar-refractivity contribution in [1.29, 1.82) is 0 Å². The summed E-state index contributed by atoms with van der Waals surface area (Å²) in [5, 5.41) is 1.68. The predicted octanol–water partition coefficient (Wildman–Crippen LogP) is 10.9. The Hall–Kier alpha value is -4.02. The zero-order valence-electron chi connectivity index (χ0n) is 35.0. The number of anilines is 1.